The van der Waals surface area contributed by atoms with Gasteiger partial charge in [0.25, 0.3) is 0 Å². The molecule has 2 rings (SSSR count). The van der Waals surface area contributed by atoms with Crippen LogP contribution in [0, 0.1) is 5.92 Å². The molecule has 2 nitrogen and oxygen atoms in total. The van der Waals surface area contributed by atoms with Crippen LogP contribution in [-0.2, 0) is 6.42 Å². The van der Waals surface area contributed by atoms with Crippen molar-refractivity contribution in [2.75, 3.05) is 0 Å². The smallest absolute Gasteiger partial charge is 0.0794 e. The van der Waals surface area contributed by atoms with Crippen molar-refractivity contribution < 1.29 is 5.11 Å². The molecule has 0 saturated heterocycles. The van der Waals surface area contributed by atoms with Crippen molar-refractivity contribution in [2.24, 2.45) is 5.92 Å². The van der Waals surface area contributed by atoms with Crippen molar-refractivity contribution in [3.05, 3.63) is 16.6 Å². The molecule has 0 amide bonds. The van der Waals surface area contributed by atoms with Gasteiger partial charge < -0.3 is 5.11 Å². The fraction of sp³-hybridized carbons (Fsp3) is 0.727. The summed E-state index contributed by atoms with van der Waals surface area (Å²) < 4.78 is 0. The molecule has 0 bridgehead atoms. The molecular weight excluding hydrogens is 194 g/mol. The maximum atomic E-state index is 9.93. The second kappa shape index (κ2) is 4.89. The van der Waals surface area contributed by atoms with E-state index in [4.69, 9.17) is 0 Å². The number of thiazole rings is 1. The summed E-state index contributed by atoms with van der Waals surface area (Å²) in [5, 5.41) is 9.93. The lowest BCUT2D eigenvalue weighted by molar-refractivity contribution is 0.101. The van der Waals surface area contributed by atoms with Crippen LogP contribution in [-0.4, -0.2) is 16.2 Å². The molecule has 1 aliphatic rings. The third kappa shape index (κ3) is 2.55. The third-order valence-corrected chi connectivity index (χ3v) is 3.87. The average Bonchev–Trinajstić information content (AvgIpc) is 2.60. The van der Waals surface area contributed by atoms with Gasteiger partial charge in [0.05, 0.1) is 11.6 Å². The Hall–Kier alpha value is -0.410. The molecule has 1 saturated carbocycles. The van der Waals surface area contributed by atoms with Crippen LogP contribution in [0.15, 0.2) is 11.7 Å². The number of aromatic nitrogens is 1. The molecule has 2 atom stereocenters. The zero-order chi connectivity index (χ0) is 9.80. The molecule has 1 fully saturated rings. The first-order chi connectivity index (χ1) is 6.86. The summed E-state index contributed by atoms with van der Waals surface area (Å²) in [7, 11) is 0. The summed E-state index contributed by atoms with van der Waals surface area (Å²) in [6.07, 6.45) is 8.80. The fourth-order valence-electron chi connectivity index (χ4n) is 2.20. The van der Waals surface area contributed by atoms with Gasteiger partial charge in [0, 0.05) is 11.1 Å². The van der Waals surface area contributed by atoms with Crippen molar-refractivity contribution in [2.45, 2.75) is 44.6 Å². The summed E-state index contributed by atoms with van der Waals surface area (Å²) in [5.74, 6) is 0.470. The van der Waals surface area contributed by atoms with Gasteiger partial charge in [0.15, 0.2) is 0 Å². The van der Waals surface area contributed by atoms with E-state index < -0.39 is 0 Å². The minimum atomic E-state index is -0.0837. The van der Waals surface area contributed by atoms with E-state index in [-0.39, 0.29) is 6.10 Å². The molecule has 3 heteroatoms. The van der Waals surface area contributed by atoms with Gasteiger partial charge in [-0.25, -0.2) is 0 Å². The van der Waals surface area contributed by atoms with Gasteiger partial charge in [-0.15, -0.1) is 11.3 Å². The maximum absolute atomic E-state index is 9.93. The van der Waals surface area contributed by atoms with Crippen molar-refractivity contribution in [3.8, 4) is 0 Å². The molecule has 0 aromatic carbocycles. The Kier molecular flexibility index (Phi) is 3.54. The van der Waals surface area contributed by atoms with E-state index in [1.165, 1.54) is 30.6 Å². The van der Waals surface area contributed by atoms with E-state index in [0.717, 1.165) is 12.8 Å². The highest BCUT2D eigenvalue weighted by Crippen LogP contribution is 2.27. The lowest BCUT2D eigenvalue weighted by atomic mass is 9.93. The summed E-state index contributed by atoms with van der Waals surface area (Å²) in [4.78, 5) is 5.39. The predicted molar refractivity (Wildman–Crippen MR) is 58.4 cm³/mol. The Morgan fingerprint density at radius 3 is 3.00 bits per heavy atom. The van der Waals surface area contributed by atoms with Crippen LogP contribution in [0.25, 0.3) is 0 Å². The van der Waals surface area contributed by atoms with Crippen LogP contribution < -0.4 is 0 Å². The topological polar surface area (TPSA) is 33.1 Å². The highest BCUT2D eigenvalue weighted by molar-refractivity contribution is 7.09. The van der Waals surface area contributed by atoms with Gasteiger partial charge in [-0.05, 0) is 25.2 Å². The number of rotatable bonds is 2. The Bertz CT molecular complexity index is 260. The maximum Gasteiger partial charge on any atom is 0.0794 e. The van der Waals surface area contributed by atoms with E-state index in [2.05, 4.69) is 4.98 Å². The Balaban J connectivity index is 1.94. The Labute approximate surface area is 89.0 Å². The lowest BCUT2D eigenvalue weighted by Crippen LogP contribution is -2.20. The number of aliphatic hydroxyl groups is 1. The molecule has 1 aromatic heterocycles. The fourth-order valence-corrected chi connectivity index (χ4v) is 2.89. The quantitative estimate of drug-likeness (QED) is 0.763. The number of nitrogens with zero attached hydrogens (tertiary/aromatic N) is 1. The second-order valence-electron chi connectivity index (χ2n) is 4.14. The van der Waals surface area contributed by atoms with Crippen molar-refractivity contribution in [1.82, 2.24) is 4.98 Å². The van der Waals surface area contributed by atoms with Gasteiger partial charge in [0.1, 0.15) is 0 Å². The first kappa shape index (κ1) is 10.1. The van der Waals surface area contributed by atoms with Crippen LogP contribution >= 0.6 is 11.3 Å². The monoisotopic (exact) mass is 211 g/mol. The highest BCUT2D eigenvalue weighted by atomic mass is 32.1. The lowest BCUT2D eigenvalue weighted by Gasteiger charge is -2.18. The summed E-state index contributed by atoms with van der Waals surface area (Å²) in [6, 6.07) is 0. The first-order valence-electron chi connectivity index (χ1n) is 5.41. The Morgan fingerprint density at radius 1 is 1.36 bits per heavy atom. The average molecular weight is 211 g/mol. The van der Waals surface area contributed by atoms with E-state index >= 15 is 0 Å². The molecule has 0 radical (unpaired) electrons. The van der Waals surface area contributed by atoms with E-state index in [1.54, 1.807) is 11.3 Å². The molecular formula is C11H17NOS. The first-order valence-corrected chi connectivity index (χ1v) is 6.29. The summed E-state index contributed by atoms with van der Waals surface area (Å²) in [5.41, 5.74) is 1.87. The zero-order valence-corrected chi connectivity index (χ0v) is 9.17. The number of aliphatic hydroxyl groups excluding tert-OH is 1. The van der Waals surface area contributed by atoms with Gasteiger partial charge in [-0.2, -0.15) is 0 Å². The molecule has 1 heterocycles. The third-order valence-electron chi connectivity index (χ3n) is 3.07. The van der Waals surface area contributed by atoms with E-state index in [9.17, 15) is 5.11 Å². The van der Waals surface area contributed by atoms with Gasteiger partial charge >= 0.3 is 0 Å². The SMILES string of the molecule is OC1CCCCCC1Cc1cncs1. The van der Waals surface area contributed by atoms with Crippen LogP contribution in [0.1, 0.15) is 37.0 Å². The molecule has 1 aliphatic carbocycles. The van der Waals surface area contributed by atoms with E-state index in [1.807, 2.05) is 11.7 Å². The predicted octanol–water partition coefficient (Wildman–Crippen LogP) is 2.63. The molecule has 0 spiro atoms. The molecule has 1 N–H and O–H groups in total. The van der Waals surface area contributed by atoms with Crippen LogP contribution in [0.4, 0.5) is 0 Å². The van der Waals surface area contributed by atoms with Crippen molar-refractivity contribution in [1.29, 1.82) is 0 Å². The molecule has 14 heavy (non-hydrogen) atoms. The van der Waals surface area contributed by atoms with Gasteiger partial charge in [-0.3, -0.25) is 4.98 Å². The summed E-state index contributed by atoms with van der Waals surface area (Å²) >= 11 is 1.70. The number of hydrogen-bond acceptors (Lipinski definition) is 3. The minimum Gasteiger partial charge on any atom is -0.393 e. The normalized spacial score (nSPS) is 28.6. The van der Waals surface area contributed by atoms with Crippen LogP contribution in [0.3, 0.4) is 0 Å². The zero-order valence-electron chi connectivity index (χ0n) is 8.35. The number of hydrogen-bond donors (Lipinski definition) is 1. The molecule has 1 aromatic rings. The summed E-state index contributed by atoms with van der Waals surface area (Å²) in [6.45, 7) is 0. The standard InChI is InChI=1S/C11H17NOS/c13-11-5-3-1-2-4-9(11)6-10-7-12-8-14-10/h7-9,11,13H,1-6H2. The molecule has 78 valence electrons. The van der Waals surface area contributed by atoms with Crippen molar-refractivity contribution >= 4 is 11.3 Å². The molecule has 2 unspecified atom stereocenters. The van der Waals surface area contributed by atoms with E-state index in [0.29, 0.717) is 5.92 Å². The largest absolute Gasteiger partial charge is 0.393 e. The molecule has 0 aliphatic heterocycles. The van der Waals surface area contributed by atoms with Gasteiger partial charge in [0.2, 0.25) is 0 Å². The second-order valence-corrected chi connectivity index (χ2v) is 5.11. The Morgan fingerprint density at radius 2 is 2.21 bits per heavy atom. The van der Waals surface area contributed by atoms with Crippen LogP contribution in [0.2, 0.25) is 0 Å². The van der Waals surface area contributed by atoms with Gasteiger partial charge in [-0.1, -0.05) is 19.3 Å². The highest BCUT2D eigenvalue weighted by Gasteiger charge is 2.21. The van der Waals surface area contributed by atoms with Crippen molar-refractivity contribution in [3.63, 3.8) is 0 Å². The minimum absolute atomic E-state index is 0.0837. The van der Waals surface area contributed by atoms with Crippen LogP contribution in [0.5, 0.6) is 0 Å².